The zero-order valence-electron chi connectivity index (χ0n) is 20.6. The van der Waals surface area contributed by atoms with Crippen molar-refractivity contribution in [3.8, 4) is 0 Å². The predicted molar refractivity (Wildman–Crippen MR) is 132 cm³/mol. The summed E-state index contributed by atoms with van der Waals surface area (Å²) in [5, 5.41) is 25.7. The van der Waals surface area contributed by atoms with Gasteiger partial charge in [-0.05, 0) is 43.7 Å². The van der Waals surface area contributed by atoms with Gasteiger partial charge in [0.1, 0.15) is 18.1 Å². The maximum Gasteiger partial charge on any atom is 0.326 e. The molecule has 36 heavy (non-hydrogen) atoms. The van der Waals surface area contributed by atoms with Gasteiger partial charge in [0.2, 0.25) is 17.7 Å². The van der Waals surface area contributed by atoms with Gasteiger partial charge in [0.15, 0.2) is 0 Å². The highest BCUT2D eigenvalue weighted by Gasteiger charge is 2.32. The minimum absolute atomic E-state index is 0.179. The second kappa shape index (κ2) is 15.5. The Morgan fingerprint density at radius 1 is 0.861 bits per heavy atom. The van der Waals surface area contributed by atoms with Crippen molar-refractivity contribution in [3.63, 3.8) is 0 Å². The molecule has 0 aliphatic rings. The number of carbonyl (C=O) groups excluding carboxylic acids is 3. The van der Waals surface area contributed by atoms with Crippen molar-refractivity contribution in [2.24, 2.45) is 17.4 Å². The third kappa shape index (κ3) is 10.8. The highest BCUT2D eigenvalue weighted by atomic mass is 16.4. The van der Waals surface area contributed by atoms with Gasteiger partial charge in [-0.3, -0.25) is 19.2 Å². The van der Waals surface area contributed by atoms with Gasteiger partial charge in [-0.25, -0.2) is 4.79 Å². The fourth-order valence-corrected chi connectivity index (χ4v) is 3.42. The van der Waals surface area contributed by atoms with Crippen LogP contribution < -0.4 is 27.4 Å². The zero-order valence-corrected chi connectivity index (χ0v) is 20.6. The van der Waals surface area contributed by atoms with Gasteiger partial charge in [0, 0.05) is 0 Å². The van der Waals surface area contributed by atoms with Crippen LogP contribution in [0.15, 0.2) is 30.3 Å². The van der Waals surface area contributed by atoms with E-state index in [1.165, 1.54) is 0 Å². The molecule has 4 atom stereocenters. The van der Waals surface area contributed by atoms with Gasteiger partial charge in [-0.1, -0.05) is 44.2 Å². The summed E-state index contributed by atoms with van der Waals surface area (Å²) < 4.78 is 0. The summed E-state index contributed by atoms with van der Waals surface area (Å²) in [7, 11) is 0. The third-order valence-corrected chi connectivity index (χ3v) is 5.46. The maximum absolute atomic E-state index is 13.0. The molecule has 9 N–H and O–H groups in total. The molecule has 200 valence electrons. The summed E-state index contributed by atoms with van der Waals surface area (Å²) in [6.45, 7) is 3.52. The molecule has 3 amide bonds. The lowest BCUT2D eigenvalue weighted by molar-refractivity contribution is -0.144. The van der Waals surface area contributed by atoms with Crippen LogP contribution in [0.1, 0.15) is 45.1 Å². The van der Waals surface area contributed by atoms with Crippen LogP contribution in [-0.4, -0.2) is 70.6 Å². The Morgan fingerprint density at radius 3 is 1.97 bits per heavy atom. The van der Waals surface area contributed by atoms with E-state index in [2.05, 4.69) is 16.0 Å². The van der Waals surface area contributed by atoms with Gasteiger partial charge in [0.05, 0.1) is 12.5 Å². The molecule has 12 nitrogen and oxygen atoms in total. The molecule has 4 unspecified atom stereocenters. The van der Waals surface area contributed by atoms with E-state index in [-0.39, 0.29) is 12.8 Å². The van der Waals surface area contributed by atoms with Gasteiger partial charge >= 0.3 is 11.9 Å². The number of unbranched alkanes of at least 4 members (excludes halogenated alkanes) is 1. The molecular weight excluding hydrogens is 470 g/mol. The smallest absolute Gasteiger partial charge is 0.326 e. The molecule has 1 aromatic rings. The van der Waals surface area contributed by atoms with Crippen molar-refractivity contribution in [1.29, 1.82) is 0 Å². The Bertz CT molecular complexity index is 894. The number of nitrogens with two attached hydrogens (primary N) is 2. The highest BCUT2D eigenvalue weighted by molar-refractivity contribution is 5.95. The van der Waals surface area contributed by atoms with E-state index in [1.807, 2.05) is 30.3 Å². The Hall–Kier alpha value is -3.51. The summed E-state index contributed by atoms with van der Waals surface area (Å²) in [6, 6.07) is 4.20. The molecule has 0 radical (unpaired) electrons. The normalized spacial score (nSPS) is 14.2. The second-order valence-electron chi connectivity index (χ2n) is 8.87. The number of benzene rings is 1. The van der Waals surface area contributed by atoms with Crippen molar-refractivity contribution in [3.05, 3.63) is 35.9 Å². The molecule has 0 aliphatic carbocycles. The van der Waals surface area contributed by atoms with Gasteiger partial charge in [0.25, 0.3) is 0 Å². The van der Waals surface area contributed by atoms with Crippen LogP contribution in [0.5, 0.6) is 0 Å². The Morgan fingerprint density at radius 2 is 1.44 bits per heavy atom. The number of hydrogen-bond donors (Lipinski definition) is 7. The van der Waals surface area contributed by atoms with Crippen LogP contribution >= 0.6 is 0 Å². The van der Waals surface area contributed by atoms with E-state index in [0.29, 0.717) is 19.4 Å². The fourth-order valence-electron chi connectivity index (χ4n) is 3.42. The number of carboxylic acid groups (broad SMARTS) is 2. The summed E-state index contributed by atoms with van der Waals surface area (Å²) in [5.41, 5.74) is 12.4. The van der Waals surface area contributed by atoms with Gasteiger partial charge < -0.3 is 37.6 Å². The van der Waals surface area contributed by atoms with E-state index in [0.717, 1.165) is 5.56 Å². The van der Waals surface area contributed by atoms with E-state index in [1.54, 1.807) is 13.8 Å². The Kier molecular flexibility index (Phi) is 13.1. The van der Waals surface area contributed by atoms with Gasteiger partial charge in [-0.2, -0.15) is 0 Å². The van der Waals surface area contributed by atoms with Crippen LogP contribution in [0.2, 0.25) is 0 Å². The molecule has 0 saturated carbocycles. The van der Waals surface area contributed by atoms with Crippen molar-refractivity contribution >= 4 is 29.7 Å². The van der Waals surface area contributed by atoms with Crippen molar-refractivity contribution in [2.75, 3.05) is 6.54 Å². The topological polar surface area (TPSA) is 214 Å². The van der Waals surface area contributed by atoms with Crippen LogP contribution in [0.25, 0.3) is 0 Å². The number of rotatable bonds is 16. The summed E-state index contributed by atoms with van der Waals surface area (Å²) in [5.74, 6) is -5.48. The molecule has 0 fully saturated rings. The van der Waals surface area contributed by atoms with Crippen LogP contribution in [0, 0.1) is 5.92 Å². The predicted octanol–water partition coefficient (Wildman–Crippen LogP) is -0.645. The average molecular weight is 508 g/mol. The first kappa shape index (κ1) is 30.5. The molecule has 12 heteroatoms. The van der Waals surface area contributed by atoms with E-state index < -0.39 is 66.2 Å². The zero-order chi connectivity index (χ0) is 27.3. The summed E-state index contributed by atoms with van der Waals surface area (Å²) in [6.07, 6.45) is 0.688. The van der Waals surface area contributed by atoms with Crippen LogP contribution in [-0.2, 0) is 30.4 Å². The standard InChI is InChI=1S/C24H37N5O7/c1-14(2)20(24(35)36)29-23(34)18(13-19(30)31)28-22(33)17(10-6-7-11-25)27-21(32)16(26)12-15-8-4-3-5-9-15/h3-5,8-9,14,16-18,20H,6-7,10-13,25-26H2,1-2H3,(H,27,32)(H,28,33)(H,29,34)(H,30,31)(H,35,36). The molecule has 0 spiro atoms. The lowest BCUT2D eigenvalue weighted by atomic mass is 10.0. The minimum atomic E-state index is -1.55. The van der Waals surface area contributed by atoms with E-state index in [4.69, 9.17) is 11.5 Å². The number of carbonyl (C=O) groups is 5. The number of carboxylic acids is 2. The van der Waals surface area contributed by atoms with Crippen molar-refractivity contribution in [1.82, 2.24) is 16.0 Å². The average Bonchev–Trinajstić information content (AvgIpc) is 2.81. The first-order valence-corrected chi connectivity index (χ1v) is 11.8. The third-order valence-electron chi connectivity index (χ3n) is 5.46. The molecule has 1 rings (SSSR count). The Balaban J connectivity index is 2.97. The summed E-state index contributed by atoms with van der Waals surface area (Å²) >= 11 is 0. The lowest BCUT2D eigenvalue weighted by Gasteiger charge is -2.25. The van der Waals surface area contributed by atoms with Gasteiger partial charge in [-0.15, -0.1) is 0 Å². The van der Waals surface area contributed by atoms with Crippen LogP contribution in [0.3, 0.4) is 0 Å². The second-order valence-corrected chi connectivity index (χ2v) is 8.87. The summed E-state index contributed by atoms with van der Waals surface area (Å²) in [4.78, 5) is 61.1. The quantitative estimate of drug-likeness (QED) is 0.141. The van der Waals surface area contributed by atoms with Crippen molar-refractivity contribution < 1.29 is 34.2 Å². The van der Waals surface area contributed by atoms with Crippen molar-refractivity contribution in [2.45, 2.75) is 70.1 Å². The van der Waals surface area contributed by atoms with E-state index in [9.17, 15) is 34.2 Å². The first-order valence-electron chi connectivity index (χ1n) is 11.8. The Labute approximate surface area is 210 Å². The largest absolute Gasteiger partial charge is 0.481 e. The highest BCUT2D eigenvalue weighted by Crippen LogP contribution is 2.07. The molecule has 0 heterocycles. The fraction of sp³-hybridized carbons (Fsp3) is 0.542. The molecular formula is C24H37N5O7. The lowest BCUT2D eigenvalue weighted by Crippen LogP contribution is -2.58. The number of aliphatic carboxylic acids is 2. The monoisotopic (exact) mass is 507 g/mol. The molecule has 0 saturated heterocycles. The van der Waals surface area contributed by atoms with E-state index >= 15 is 0 Å². The first-order chi connectivity index (χ1) is 17.0. The molecule has 0 bridgehead atoms. The maximum atomic E-state index is 13.0. The number of nitrogens with one attached hydrogen (secondary N) is 3. The molecule has 1 aromatic carbocycles. The minimum Gasteiger partial charge on any atom is -0.481 e. The number of amides is 3. The number of hydrogen-bond acceptors (Lipinski definition) is 7. The SMILES string of the molecule is CC(C)C(NC(=O)C(CC(=O)O)NC(=O)C(CCCCN)NC(=O)C(N)Cc1ccccc1)C(=O)O. The van der Waals surface area contributed by atoms with Crippen LogP contribution in [0.4, 0.5) is 0 Å². The molecule has 0 aromatic heterocycles. The molecule has 0 aliphatic heterocycles.